The number of amides is 1. The van der Waals surface area contributed by atoms with Gasteiger partial charge in [-0.2, -0.15) is 0 Å². The average Bonchev–Trinajstić information content (AvgIpc) is 2.97. The number of halogens is 1. The van der Waals surface area contributed by atoms with Gasteiger partial charge in [0.1, 0.15) is 0 Å². The molecule has 1 aliphatic rings. The van der Waals surface area contributed by atoms with Crippen molar-refractivity contribution >= 4 is 29.3 Å². The number of aromatic amines is 2. The summed E-state index contributed by atoms with van der Waals surface area (Å²) in [5.74, 6) is -0.221. The van der Waals surface area contributed by atoms with E-state index >= 15 is 0 Å². The van der Waals surface area contributed by atoms with Crippen LogP contribution >= 0.6 is 12.4 Å². The number of benzene rings is 1. The molecule has 1 aliphatic carbocycles. The predicted molar refractivity (Wildman–Crippen MR) is 90.2 cm³/mol. The van der Waals surface area contributed by atoms with Crippen molar-refractivity contribution in [3.63, 3.8) is 0 Å². The molecule has 3 rings (SSSR count). The van der Waals surface area contributed by atoms with Gasteiger partial charge in [0.05, 0.1) is 16.6 Å². The first-order valence-electron chi connectivity index (χ1n) is 7.32. The number of H-pyrrole nitrogens is 2. The molecule has 0 radical (unpaired) electrons. The molecule has 1 aromatic carbocycles. The maximum Gasteiger partial charge on any atom is 0.314 e. The zero-order valence-corrected chi connectivity index (χ0v) is 13.3. The highest BCUT2D eigenvalue weighted by Gasteiger charge is 2.34. The largest absolute Gasteiger partial charge is 0.345 e. The number of fused-ring (bicyclic) bond motifs is 1. The van der Waals surface area contributed by atoms with Crippen molar-refractivity contribution in [1.29, 1.82) is 0 Å². The van der Waals surface area contributed by atoms with E-state index in [-0.39, 0.29) is 23.9 Å². The summed E-state index contributed by atoms with van der Waals surface area (Å²) < 4.78 is 0. The summed E-state index contributed by atoms with van der Waals surface area (Å²) in [5, 5.41) is 3.02. The van der Waals surface area contributed by atoms with Gasteiger partial charge in [0.15, 0.2) is 0 Å². The summed E-state index contributed by atoms with van der Waals surface area (Å²) >= 11 is 0. The molecule has 0 aliphatic heterocycles. The van der Waals surface area contributed by atoms with E-state index in [4.69, 9.17) is 5.73 Å². The van der Waals surface area contributed by atoms with E-state index in [0.29, 0.717) is 23.1 Å². The molecular weight excluding hydrogens is 320 g/mol. The van der Waals surface area contributed by atoms with Crippen molar-refractivity contribution in [3.05, 3.63) is 44.5 Å². The number of nitrogens with one attached hydrogen (secondary N) is 3. The van der Waals surface area contributed by atoms with Crippen LogP contribution in [-0.2, 0) is 0 Å². The van der Waals surface area contributed by atoms with Crippen LogP contribution in [0.2, 0.25) is 0 Å². The second-order valence-electron chi connectivity index (χ2n) is 5.81. The Kier molecular flexibility index (Phi) is 4.91. The second kappa shape index (κ2) is 6.55. The van der Waals surface area contributed by atoms with Crippen LogP contribution in [-0.4, -0.2) is 28.0 Å². The van der Waals surface area contributed by atoms with Crippen molar-refractivity contribution in [2.45, 2.75) is 31.2 Å². The summed E-state index contributed by atoms with van der Waals surface area (Å²) in [6, 6.07) is 4.78. The van der Waals surface area contributed by atoms with Crippen LogP contribution in [0.1, 0.15) is 36.0 Å². The lowest BCUT2D eigenvalue weighted by molar-refractivity contribution is 0.0903. The van der Waals surface area contributed by atoms with E-state index in [1.54, 1.807) is 18.2 Å². The lowest BCUT2D eigenvalue weighted by atomic mass is 9.97. The third kappa shape index (κ3) is 3.30. The SMILES string of the molecule is Cl.NCC1(NC(=O)c2ccc3[nH]c(=O)c(=O)[nH]c3c2)CCCC1. The fourth-order valence-corrected chi connectivity index (χ4v) is 3.00. The summed E-state index contributed by atoms with van der Waals surface area (Å²) in [6.07, 6.45) is 3.88. The summed E-state index contributed by atoms with van der Waals surface area (Å²) in [7, 11) is 0. The molecule has 8 heteroatoms. The third-order valence-corrected chi connectivity index (χ3v) is 4.31. The van der Waals surface area contributed by atoms with Gasteiger partial charge in [-0.1, -0.05) is 12.8 Å². The summed E-state index contributed by atoms with van der Waals surface area (Å²) in [5.41, 5.74) is 5.37. The van der Waals surface area contributed by atoms with Gasteiger partial charge in [0.25, 0.3) is 5.91 Å². The van der Waals surface area contributed by atoms with Crippen LogP contribution in [0.25, 0.3) is 11.0 Å². The minimum absolute atomic E-state index is 0. The lowest BCUT2D eigenvalue weighted by Gasteiger charge is -2.28. The molecule has 1 aromatic heterocycles. The molecular formula is C15H19ClN4O3. The Morgan fingerprint density at radius 3 is 2.35 bits per heavy atom. The molecule has 23 heavy (non-hydrogen) atoms. The first-order chi connectivity index (χ1) is 10.5. The van der Waals surface area contributed by atoms with E-state index in [1.165, 1.54) is 0 Å². The monoisotopic (exact) mass is 338 g/mol. The number of hydrogen-bond acceptors (Lipinski definition) is 4. The smallest absolute Gasteiger partial charge is 0.314 e. The van der Waals surface area contributed by atoms with Crippen LogP contribution in [0.15, 0.2) is 27.8 Å². The summed E-state index contributed by atoms with van der Waals surface area (Å²) in [6.45, 7) is 0.413. The van der Waals surface area contributed by atoms with E-state index in [2.05, 4.69) is 15.3 Å². The fraction of sp³-hybridized carbons (Fsp3) is 0.400. The van der Waals surface area contributed by atoms with Crippen molar-refractivity contribution in [1.82, 2.24) is 15.3 Å². The van der Waals surface area contributed by atoms with E-state index in [1.807, 2.05) is 0 Å². The Morgan fingerprint density at radius 1 is 1.13 bits per heavy atom. The van der Waals surface area contributed by atoms with Crippen LogP contribution in [0.4, 0.5) is 0 Å². The van der Waals surface area contributed by atoms with Gasteiger partial charge < -0.3 is 21.0 Å². The molecule has 0 atom stereocenters. The summed E-state index contributed by atoms with van der Waals surface area (Å²) in [4.78, 5) is 40.0. The zero-order valence-electron chi connectivity index (χ0n) is 12.5. The van der Waals surface area contributed by atoms with E-state index in [9.17, 15) is 14.4 Å². The molecule has 7 nitrogen and oxygen atoms in total. The number of rotatable bonds is 3. The first-order valence-corrected chi connectivity index (χ1v) is 7.32. The Labute approximate surface area is 138 Å². The van der Waals surface area contributed by atoms with Crippen molar-refractivity contribution in [3.8, 4) is 0 Å². The van der Waals surface area contributed by atoms with E-state index < -0.39 is 11.1 Å². The standard InChI is InChI=1S/C15H18N4O3.ClH/c16-8-15(5-1-2-6-15)19-12(20)9-3-4-10-11(7-9)18-14(22)13(21)17-10;/h3-4,7H,1-2,5-6,8,16H2,(H,17,21)(H,18,22)(H,19,20);1H. The van der Waals surface area contributed by atoms with Crippen molar-refractivity contribution in [2.75, 3.05) is 6.54 Å². The van der Waals surface area contributed by atoms with Crippen LogP contribution in [0, 0.1) is 0 Å². The highest BCUT2D eigenvalue weighted by atomic mass is 35.5. The fourth-order valence-electron chi connectivity index (χ4n) is 3.00. The second-order valence-corrected chi connectivity index (χ2v) is 5.81. The molecule has 1 amide bonds. The zero-order chi connectivity index (χ0) is 15.7. The quantitative estimate of drug-likeness (QED) is 0.613. The predicted octanol–water partition coefficient (Wildman–Crippen LogP) is 0.639. The highest BCUT2D eigenvalue weighted by molar-refractivity contribution is 5.97. The molecule has 124 valence electrons. The normalized spacial score (nSPS) is 16.0. The molecule has 0 bridgehead atoms. The number of carbonyl (C=O) groups is 1. The molecule has 1 saturated carbocycles. The van der Waals surface area contributed by atoms with Gasteiger partial charge in [0, 0.05) is 12.1 Å². The van der Waals surface area contributed by atoms with Crippen LogP contribution < -0.4 is 22.2 Å². The Bertz CT molecular complexity index is 836. The van der Waals surface area contributed by atoms with Gasteiger partial charge in [-0.3, -0.25) is 14.4 Å². The maximum absolute atomic E-state index is 12.4. The topological polar surface area (TPSA) is 121 Å². The van der Waals surface area contributed by atoms with Crippen molar-refractivity contribution in [2.24, 2.45) is 5.73 Å². The third-order valence-electron chi connectivity index (χ3n) is 4.31. The van der Waals surface area contributed by atoms with Gasteiger partial charge in [0.2, 0.25) is 0 Å². The Morgan fingerprint density at radius 2 is 1.74 bits per heavy atom. The van der Waals surface area contributed by atoms with Gasteiger partial charge in [-0.25, -0.2) is 0 Å². The number of carbonyl (C=O) groups excluding carboxylic acids is 1. The van der Waals surface area contributed by atoms with Crippen LogP contribution in [0.3, 0.4) is 0 Å². The molecule has 0 unspecified atom stereocenters. The molecule has 2 aromatic rings. The van der Waals surface area contributed by atoms with Crippen molar-refractivity contribution < 1.29 is 4.79 Å². The Hall–Kier alpha value is -2.12. The maximum atomic E-state index is 12.4. The molecule has 0 spiro atoms. The number of aromatic nitrogens is 2. The van der Waals surface area contributed by atoms with Crippen LogP contribution in [0.5, 0.6) is 0 Å². The van der Waals surface area contributed by atoms with Gasteiger partial charge >= 0.3 is 11.1 Å². The highest BCUT2D eigenvalue weighted by Crippen LogP contribution is 2.29. The van der Waals surface area contributed by atoms with Gasteiger partial charge in [-0.15, -0.1) is 12.4 Å². The lowest BCUT2D eigenvalue weighted by Crippen LogP contribution is -2.51. The Balaban J connectivity index is 0.00000192. The average molecular weight is 339 g/mol. The molecule has 0 saturated heterocycles. The molecule has 1 heterocycles. The molecule has 5 N–H and O–H groups in total. The minimum atomic E-state index is -0.737. The minimum Gasteiger partial charge on any atom is -0.345 e. The van der Waals surface area contributed by atoms with Gasteiger partial charge in [-0.05, 0) is 31.0 Å². The number of nitrogens with two attached hydrogens (primary N) is 1. The molecule has 1 fully saturated rings. The number of hydrogen-bond donors (Lipinski definition) is 4. The first kappa shape index (κ1) is 17.2. The van der Waals surface area contributed by atoms with E-state index in [0.717, 1.165) is 25.7 Å².